The molecule has 0 aliphatic carbocycles. The van der Waals surface area contributed by atoms with Gasteiger partial charge in [-0.15, -0.1) is 0 Å². The predicted octanol–water partition coefficient (Wildman–Crippen LogP) is 0.373. The zero-order chi connectivity index (χ0) is 8.15. The fraction of sp³-hybridized carbons (Fsp3) is 0.250. The van der Waals surface area contributed by atoms with Gasteiger partial charge in [0.15, 0.2) is 5.78 Å². The van der Waals surface area contributed by atoms with E-state index in [-0.39, 0.29) is 0 Å². The highest BCUT2D eigenvalue weighted by atomic mass is 31.1. The predicted molar refractivity (Wildman–Crippen MR) is 33.7 cm³/mol. The van der Waals surface area contributed by atoms with Crippen LogP contribution in [-0.2, 0) is 13.9 Å². The first-order valence-electron chi connectivity index (χ1n) is 2.34. The van der Waals surface area contributed by atoms with E-state index in [1.807, 2.05) is 0 Å². The van der Waals surface area contributed by atoms with E-state index in [9.17, 15) is 9.36 Å². The summed E-state index contributed by atoms with van der Waals surface area (Å²) in [6.45, 7) is 1.10. The number of carbonyl (C=O) groups is 1. The Morgan fingerprint density at radius 1 is 1.70 bits per heavy atom. The Morgan fingerprint density at radius 2 is 2.20 bits per heavy atom. The molecule has 6 heteroatoms. The van der Waals surface area contributed by atoms with Gasteiger partial charge in [-0.3, -0.25) is 4.79 Å². The van der Waals surface area contributed by atoms with Gasteiger partial charge < -0.3 is 14.5 Å². The number of carbonyl (C=O) groups excluding carboxylic acids is 1. The molecule has 58 valence electrons. The molecule has 0 fully saturated rings. The van der Waals surface area contributed by atoms with Gasteiger partial charge in [0.05, 0.1) is 0 Å². The van der Waals surface area contributed by atoms with E-state index >= 15 is 0 Å². The van der Waals surface area contributed by atoms with Gasteiger partial charge >= 0.3 is 8.25 Å². The van der Waals surface area contributed by atoms with Crippen LogP contribution in [0.5, 0.6) is 0 Å². The quantitative estimate of drug-likeness (QED) is 0.359. The van der Waals surface area contributed by atoms with Gasteiger partial charge in [-0.25, -0.2) is 4.57 Å². The molecule has 0 saturated heterocycles. The maximum atomic E-state index is 10.3. The highest BCUT2D eigenvalue weighted by molar-refractivity contribution is 7.32. The Kier molecular flexibility index (Phi) is 3.76. The van der Waals surface area contributed by atoms with E-state index in [4.69, 9.17) is 10.00 Å². The molecule has 0 aromatic heterocycles. The van der Waals surface area contributed by atoms with Crippen molar-refractivity contribution in [2.75, 3.05) is 0 Å². The minimum Gasteiger partial charge on any atom is -0.512 e. The molecule has 0 saturated carbocycles. The number of hydrogen-bond donors (Lipinski definition) is 2. The maximum Gasteiger partial charge on any atom is 0.365 e. The van der Waals surface area contributed by atoms with Crippen LogP contribution in [0.25, 0.3) is 0 Å². The Morgan fingerprint density at radius 3 is 2.30 bits per heavy atom. The normalized spacial score (nSPS) is 14.4. The Balaban J connectivity index is 4.12. The molecule has 0 radical (unpaired) electrons. The van der Waals surface area contributed by atoms with Gasteiger partial charge in [0, 0.05) is 6.92 Å². The third-order valence-corrected chi connectivity index (χ3v) is 1.06. The molecule has 0 aromatic carbocycles. The number of rotatable bonds is 3. The number of ketones is 1. The van der Waals surface area contributed by atoms with Crippen LogP contribution in [0.3, 0.4) is 0 Å². The molecule has 1 unspecified atom stereocenters. The van der Waals surface area contributed by atoms with Crippen LogP contribution in [0.15, 0.2) is 12.0 Å². The molecule has 10 heavy (non-hydrogen) atoms. The van der Waals surface area contributed by atoms with Crippen LogP contribution >= 0.6 is 8.25 Å². The lowest BCUT2D eigenvalue weighted by Crippen LogP contribution is -1.96. The Hall–Kier alpha value is -0.800. The molecule has 0 amide bonds. The standard InChI is InChI=1S/C4H7O5P/c1-3(6)4(2-5)9-10(7)8/h2,5,10H,1H3,(H,7,8). The highest BCUT2D eigenvalue weighted by Crippen LogP contribution is 2.20. The minimum absolute atomic E-state index is 0.348. The van der Waals surface area contributed by atoms with Crippen LogP contribution in [-0.4, -0.2) is 15.8 Å². The SMILES string of the molecule is CC(=O)C(=CO)O[PH](=O)O. The van der Waals surface area contributed by atoms with E-state index in [1.54, 1.807) is 0 Å². The second kappa shape index (κ2) is 4.09. The number of Topliss-reactive ketones (excluding diaryl/α,β-unsaturated/α-hetero) is 1. The van der Waals surface area contributed by atoms with Crippen LogP contribution in [0.4, 0.5) is 0 Å². The van der Waals surface area contributed by atoms with E-state index in [0.717, 1.165) is 6.92 Å². The van der Waals surface area contributed by atoms with Crippen molar-refractivity contribution in [2.24, 2.45) is 0 Å². The molecule has 2 N–H and O–H groups in total. The van der Waals surface area contributed by atoms with Crippen LogP contribution in [0.2, 0.25) is 0 Å². The lowest BCUT2D eigenvalue weighted by atomic mass is 10.4. The van der Waals surface area contributed by atoms with Crippen molar-refractivity contribution in [3.8, 4) is 0 Å². The van der Waals surface area contributed by atoms with Gasteiger partial charge in [0.1, 0.15) is 6.26 Å². The topological polar surface area (TPSA) is 83.8 Å². The summed E-state index contributed by atoms with van der Waals surface area (Å²) in [4.78, 5) is 18.4. The van der Waals surface area contributed by atoms with Crippen LogP contribution < -0.4 is 0 Å². The first kappa shape index (κ1) is 9.20. The molecule has 0 aromatic rings. The molecule has 0 aliphatic heterocycles. The Bertz CT molecular complexity index is 184. The molecule has 0 bridgehead atoms. The molecule has 0 aliphatic rings. The van der Waals surface area contributed by atoms with Gasteiger partial charge in [-0.1, -0.05) is 0 Å². The average Bonchev–Trinajstić information content (AvgIpc) is 1.81. The lowest BCUT2D eigenvalue weighted by Gasteiger charge is -1.99. The van der Waals surface area contributed by atoms with E-state index in [2.05, 4.69) is 4.52 Å². The summed E-state index contributed by atoms with van der Waals surface area (Å²) in [6, 6.07) is 0. The second-order valence-corrected chi connectivity index (χ2v) is 2.15. The summed E-state index contributed by atoms with van der Waals surface area (Å²) in [5, 5.41) is 8.20. The third-order valence-electron chi connectivity index (χ3n) is 0.662. The van der Waals surface area contributed by atoms with E-state index in [0.29, 0.717) is 6.26 Å². The first-order chi connectivity index (χ1) is 4.57. The Labute approximate surface area is 57.9 Å². The molecular formula is C4H7O5P. The number of aliphatic hydroxyl groups is 1. The summed E-state index contributed by atoms with van der Waals surface area (Å²) < 4.78 is 14.0. The summed E-state index contributed by atoms with van der Waals surface area (Å²) in [6.07, 6.45) is 0.348. The number of aliphatic hydroxyl groups excluding tert-OH is 1. The second-order valence-electron chi connectivity index (χ2n) is 1.42. The van der Waals surface area contributed by atoms with E-state index < -0.39 is 19.8 Å². The summed E-state index contributed by atoms with van der Waals surface area (Å²) in [7, 11) is -3.19. The third kappa shape index (κ3) is 3.27. The first-order valence-corrected chi connectivity index (χ1v) is 3.60. The summed E-state index contributed by atoms with van der Waals surface area (Å²) in [5.41, 5.74) is 0. The van der Waals surface area contributed by atoms with Gasteiger partial charge in [-0.2, -0.15) is 0 Å². The monoisotopic (exact) mass is 166 g/mol. The van der Waals surface area contributed by atoms with Gasteiger partial charge in [-0.05, 0) is 0 Å². The van der Waals surface area contributed by atoms with Gasteiger partial charge in [0.25, 0.3) is 0 Å². The largest absolute Gasteiger partial charge is 0.512 e. The molecular weight excluding hydrogens is 159 g/mol. The lowest BCUT2D eigenvalue weighted by molar-refractivity contribution is -0.115. The van der Waals surface area contributed by atoms with Crippen molar-refractivity contribution >= 4 is 14.0 Å². The summed E-state index contributed by atoms with van der Waals surface area (Å²) >= 11 is 0. The molecule has 5 nitrogen and oxygen atoms in total. The number of allylic oxidation sites excluding steroid dienone is 1. The highest BCUT2D eigenvalue weighted by Gasteiger charge is 2.06. The van der Waals surface area contributed by atoms with Crippen LogP contribution in [0.1, 0.15) is 6.92 Å². The summed E-state index contributed by atoms with van der Waals surface area (Å²) in [5.74, 6) is -1.11. The minimum atomic E-state index is -3.19. The van der Waals surface area contributed by atoms with Gasteiger partial charge in [0.2, 0.25) is 5.76 Å². The van der Waals surface area contributed by atoms with E-state index in [1.165, 1.54) is 0 Å². The van der Waals surface area contributed by atoms with Crippen molar-refractivity contribution in [3.63, 3.8) is 0 Å². The van der Waals surface area contributed by atoms with Crippen molar-refractivity contribution in [1.29, 1.82) is 0 Å². The van der Waals surface area contributed by atoms with Crippen LogP contribution in [0, 0.1) is 0 Å². The van der Waals surface area contributed by atoms with Crippen molar-refractivity contribution < 1.29 is 23.9 Å². The molecule has 0 spiro atoms. The van der Waals surface area contributed by atoms with Crippen molar-refractivity contribution in [3.05, 3.63) is 12.0 Å². The maximum absolute atomic E-state index is 10.3. The molecule has 0 rings (SSSR count). The zero-order valence-electron chi connectivity index (χ0n) is 5.20. The fourth-order valence-corrected chi connectivity index (χ4v) is 0.668. The zero-order valence-corrected chi connectivity index (χ0v) is 6.20. The van der Waals surface area contributed by atoms with Crippen molar-refractivity contribution in [1.82, 2.24) is 0 Å². The number of hydrogen-bond acceptors (Lipinski definition) is 4. The molecule has 1 atom stereocenters. The average molecular weight is 166 g/mol. The molecule has 0 heterocycles. The smallest absolute Gasteiger partial charge is 0.365 e. The fourth-order valence-electron chi connectivity index (χ4n) is 0.283. The van der Waals surface area contributed by atoms with Crippen molar-refractivity contribution in [2.45, 2.75) is 6.92 Å².